The standard InChI is InChI=1S/C21H21FN4O2S/c1-14-5-6-17(18(22)10-14)21(23)8-7-16-19(24-2)13-26(20(16)11-21)29(27,28)15-4-3-9-25-12-15/h3-12,24H,13,23H2,1-2H3. The highest BCUT2D eigenvalue weighted by Gasteiger charge is 2.40. The van der Waals surface area contributed by atoms with E-state index in [0.717, 1.165) is 11.3 Å². The minimum absolute atomic E-state index is 0.0799. The van der Waals surface area contributed by atoms with E-state index in [-0.39, 0.29) is 17.0 Å². The molecule has 3 N–H and O–H groups in total. The lowest BCUT2D eigenvalue weighted by Crippen LogP contribution is -2.38. The summed E-state index contributed by atoms with van der Waals surface area (Å²) in [5.41, 5.74) is 8.20. The van der Waals surface area contributed by atoms with Gasteiger partial charge in [-0.25, -0.2) is 12.8 Å². The third-order valence-electron chi connectivity index (χ3n) is 5.19. The minimum atomic E-state index is -3.86. The second-order valence-electron chi connectivity index (χ2n) is 7.12. The van der Waals surface area contributed by atoms with E-state index < -0.39 is 21.4 Å². The van der Waals surface area contributed by atoms with Crippen molar-refractivity contribution in [3.05, 3.63) is 94.9 Å². The second-order valence-corrected chi connectivity index (χ2v) is 8.98. The topological polar surface area (TPSA) is 88.3 Å². The summed E-state index contributed by atoms with van der Waals surface area (Å²) in [5.74, 6) is -0.435. The van der Waals surface area contributed by atoms with Gasteiger partial charge < -0.3 is 11.1 Å². The predicted octanol–water partition coefficient (Wildman–Crippen LogP) is 2.31. The largest absolute Gasteiger partial charge is 0.389 e. The van der Waals surface area contributed by atoms with Crippen molar-refractivity contribution in [2.75, 3.05) is 13.6 Å². The van der Waals surface area contributed by atoms with Crippen LogP contribution in [0.2, 0.25) is 0 Å². The van der Waals surface area contributed by atoms with Crippen molar-refractivity contribution in [3.8, 4) is 0 Å². The van der Waals surface area contributed by atoms with Crippen molar-refractivity contribution in [2.24, 2.45) is 5.73 Å². The van der Waals surface area contributed by atoms with Crippen LogP contribution in [0.5, 0.6) is 0 Å². The van der Waals surface area contributed by atoms with Crippen LogP contribution in [-0.4, -0.2) is 31.3 Å². The summed E-state index contributed by atoms with van der Waals surface area (Å²) < 4.78 is 42.5. The molecule has 1 aliphatic carbocycles. The van der Waals surface area contributed by atoms with E-state index in [9.17, 15) is 12.8 Å². The first-order chi connectivity index (χ1) is 13.8. The zero-order valence-electron chi connectivity index (χ0n) is 16.1. The molecule has 0 fully saturated rings. The number of aryl methyl sites for hydroxylation is 1. The number of nitrogens with zero attached hydrogens (tertiary/aromatic N) is 2. The van der Waals surface area contributed by atoms with Gasteiger partial charge in [0.2, 0.25) is 0 Å². The average molecular weight is 412 g/mol. The van der Waals surface area contributed by atoms with E-state index in [4.69, 9.17) is 5.73 Å². The molecule has 1 aliphatic heterocycles. The Morgan fingerprint density at radius 3 is 2.76 bits per heavy atom. The maximum atomic E-state index is 14.7. The summed E-state index contributed by atoms with van der Waals surface area (Å²) in [6.07, 6.45) is 7.87. The maximum absolute atomic E-state index is 14.7. The summed E-state index contributed by atoms with van der Waals surface area (Å²) >= 11 is 0. The van der Waals surface area contributed by atoms with Crippen LogP contribution < -0.4 is 11.1 Å². The number of sulfonamides is 1. The molecule has 0 saturated carbocycles. The maximum Gasteiger partial charge on any atom is 0.266 e. The SMILES string of the molecule is CNC1=C2C=CC(N)(c3ccc(C)cc3F)C=C2N(S(=O)(=O)c2cccnc2)C1. The van der Waals surface area contributed by atoms with Gasteiger partial charge in [0.1, 0.15) is 10.7 Å². The Morgan fingerprint density at radius 1 is 1.31 bits per heavy atom. The fourth-order valence-corrected chi connectivity index (χ4v) is 5.04. The van der Waals surface area contributed by atoms with Crippen LogP contribution in [0.15, 0.2) is 82.8 Å². The van der Waals surface area contributed by atoms with Crippen LogP contribution >= 0.6 is 0 Å². The van der Waals surface area contributed by atoms with Crippen molar-refractivity contribution in [1.82, 2.24) is 14.6 Å². The average Bonchev–Trinajstić information content (AvgIpc) is 3.06. The van der Waals surface area contributed by atoms with Gasteiger partial charge in [0.25, 0.3) is 10.0 Å². The molecule has 29 heavy (non-hydrogen) atoms. The van der Waals surface area contributed by atoms with Gasteiger partial charge in [0, 0.05) is 36.3 Å². The van der Waals surface area contributed by atoms with Crippen molar-refractivity contribution >= 4 is 10.0 Å². The van der Waals surface area contributed by atoms with Crippen LogP contribution in [0.4, 0.5) is 4.39 Å². The monoisotopic (exact) mass is 412 g/mol. The minimum Gasteiger partial charge on any atom is -0.389 e. The molecule has 1 aromatic carbocycles. The lowest BCUT2D eigenvalue weighted by molar-refractivity contribution is 0.503. The molecule has 2 aliphatic rings. The van der Waals surface area contributed by atoms with Gasteiger partial charge in [0.15, 0.2) is 0 Å². The van der Waals surface area contributed by atoms with Gasteiger partial charge in [-0.1, -0.05) is 24.3 Å². The quantitative estimate of drug-likeness (QED) is 0.805. The molecule has 8 heteroatoms. The van der Waals surface area contributed by atoms with Crippen LogP contribution in [0.3, 0.4) is 0 Å². The molecule has 1 atom stereocenters. The highest BCUT2D eigenvalue weighted by Crippen LogP contribution is 2.40. The van der Waals surface area contributed by atoms with Crippen molar-refractivity contribution < 1.29 is 12.8 Å². The number of hydrogen-bond acceptors (Lipinski definition) is 5. The molecule has 0 amide bonds. The van der Waals surface area contributed by atoms with Gasteiger partial charge >= 0.3 is 0 Å². The predicted molar refractivity (Wildman–Crippen MR) is 108 cm³/mol. The zero-order chi connectivity index (χ0) is 20.8. The molecule has 6 nitrogen and oxygen atoms in total. The van der Waals surface area contributed by atoms with E-state index in [1.54, 1.807) is 50.4 Å². The van der Waals surface area contributed by atoms with Gasteiger partial charge in [-0.2, -0.15) is 0 Å². The molecule has 0 saturated heterocycles. The molecule has 4 rings (SSSR count). The lowest BCUT2D eigenvalue weighted by atomic mass is 9.84. The summed E-state index contributed by atoms with van der Waals surface area (Å²) in [6, 6.07) is 7.89. The molecular weight excluding hydrogens is 391 g/mol. The first-order valence-corrected chi connectivity index (χ1v) is 10.5. The van der Waals surface area contributed by atoms with Crippen LogP contribution in [-0.2, 0) is 15.6 Å². The third-order valence-corrected chi connectivity index (χ3v) is 6.93. The van der Waals surface area contributed by atoms with Gasteiger partial charge in [0.05, 0.1) is 17.8 Å². The molecule has 2 heterocycles. The zero-order valence-corrected chi connectivity index (χ0v) is 16.9. The number of aromatic nitrogens is 1. The van der Waals surface area contributed by atoms with Gasteiger partial charge in [-0.15, -0.1) is 0 Å². The first-order valence-electron chi connectivity index (χ1n) is 9.08. The lowest BCUT2D eigenvalue weighted by Gasteiger charge is -2.30. The van der Waals surface area contributed by atoms with Crippen LogP contribution in [0.1, 0.15) is 11.1 Å². The van der Waals surface area contributed by atoms with Crippen LogP contribution in [0.25, 0.3) is 0 Å². The molecule has 0 spiro atoms. The molecule has 1 aromatic heterocycles. The number of halogens is 1. The van der Waals surface area contributed by atoms with E-state index in [1.165, 1.54) is 28.8 Å². The van der Waals surface area contributed by atoms with Gasteiger partial charge in [-0.05, 0) is 36.8 Å². The Labute approximate surface area is 169 Å². The molecule has 2 aromatic rings. The van der Waals surface area contributed by atoms with E-state index in [1.807, 2.05) is 0 Å². The number of likely N-dealkylation sites (N-methyl/N-ethyl adjacent to an activating group) is 1. The highest BCUT2D eigenvalue weighted by molar-refractivity contribution is 7.89. The van der Waals surface area contributed by atoms with Crippen molar-refractivity contribution in [2.45, 2.75) is 17.4 Å². The Hall–Kier alpha value is -2.97. The second kappa shape index (κ2) is 6.82. The molecule has 0 bridgehead atoms. The van der Waals surface area contributed by atoms with E-state index >= 15 is 0 Å². The molecule has 0 radical (unpaired) electrons. The number of nitrogens with one attached hydrogen (secondary N) is 1. The Bertz CT molecular complexity index is 1170. The Kier molecular flexibility index (Phi) is 4.55. The molecule has 150 valence electrons. The highest BCUT2D eigenvalue weighted by atomic mass is 32.2. The van der Waals surface area contributed by atoms with Crippen molar-refractivity contribution in [1.29, 1.82) is 0 Å². The fourth-order valence-electron chi connectivity index (χ4n) is 3.63. The van der Waals surface area contributed by atoms with Crippen molar-refractivity contribution in [3.63, 3.8) is 0 Å². The summed E-state index contributed by atoms with van der Waals surface area (Å²) in [6.45, 7) is 1.93. The fraction of sp³-hybridized carbons (Fsp3) is 0.190. The normalized spacial score (nSPS) is 21.2. The first kappa shape index (κ1) is 19.4. The van der Waals surface area contributed by atoms with Crippen LogP contribution in [0, 0.1) is 12.7 Å². The number of hydrogen-bond donors (Lipinski definition) is 2. The number of benzene rings is 1. The summed E-state index contributed by atoms with van der Waals surface area (Å²) in [7, 11) is -2.13. The van der Waals surface area contributed by atoms with Gasteiger partial charge in [-0.3, -0.25) is 9.29 Å². The van der Waals surface area contributed by atoms with E-state index in [0.29, 0.717) is 11.3 Å². The van der Waals surface area contributed by atoms with E-state index in [2.05, 4.69) is 10.3 Å². The Morgan fingerprint density at radius 2 is 2.10 bits per heavy atom. The third kappa shape index (κ3) is 3.14. The molecule has 1 unspecified atom stereocenters. The summed E-state index contributed by atoms with van der Waals surface area (Å²) in [5, 5.41) is 3.05. The number of pyridine rings is 1. The number of allylic oxidation sites excluding steroid dienone is 1. The molecular formula is C21H21FN4O2S. The number of fused-ring (bicyclic) bond motifs is 1. The number of rotatable bonds is 4. The summed E-state index contributed by atoms with van der Waals surface area (Å²) in [4.78, 5) is 4.00. The Balaban J connectivity index is 1.85. The number of nitrogens with two attached hydrogens (primary N) is 1. The smallest absolute Gasteiger partial charge is 0.266 e.